The summed E-state index contributed by atoms with van der Waals surface area (Å²) in [7, 11) is 0. The van der Waals surface area contributed by atoms with Crippen LogP contribution in [0.5, 0.6) is 0 Å². The third-order valence-electron chi connectivity index (χ3n) is 1.38. The Kier molecular flexibility index (Phi) is 3.05. The molecule has 1 heterocycles. The fourth-order valence-electron chi connectivity index (χ4n) is 0.841. The van der Waals surface area contributed by atoms with Gasteiger partial charge in [-0.15, -0.1) is 0 Å². The van der Waals surface area contributed by atoms with Crippen molar-refractivity contribution in [3.63, 3.8) is 0 Å². The highest BCUT2D eigenvalue weighted by Crippen LogP contribution is 2.08. The standard InChI is InChI=1S/C7H10N4O3/c1-2-14-7(13)11-6-4(5(8)12)9-3-10-6/h3H,2H2,1H3,(H2,8,12)(H,9,10)(H,11,13). The topological polar surface area (TPSA) is 110 Å². The van der Waals surface area contributed by atoms with E-state index in [2.05, 4.69) is 20.0 Å². The van der Waals surface area contributed by atoms with Crippen LogP contribution in [0.1, 0.15) is 17.4 Å². The number of amides is 2. The second kappa shape index (κ2) is 4.26. The number of nitrogens with zero attached hydrogens (tertiary/aromatic N) is 1. The summed E-state index contributed by atoms with van der Waals surface area (Å²) in [5.74, 6) is -0.634. The number of H-pyrrole nitrogens is 1. The van der Waals surface area contributed by atoms with Crippen molar-refractivity contribution in [2.45, 2.75) is 6.92 Å². The van der Waals surface area contributed by atoms with Gasteiger partial charge in [-0.05, 0) is 6.92 Å². The van der Waals surface area contributed by atoms with Gasteiger partial charge in [-0.25, -0.2) is 9.78 Å². The second-order valence-electron chi connectivity index (χ2n) is 2.34. The summed E-state index contributed by atoms with van der Waals surface area (Å²) in [6.07, 6.45) is 0.573. The van der Waals surface area contributed by atoms with E-state index in [4.69, 9.17) is 5.73 Å². The number of carbonyl (C=O) groups is 2. The largest absolute Gasteiger partial charge is 0.450 e. The molecular weight excluding hydrogens is 188 g/mol. The number of imidazole rings is 1. The molecular formula is C7H10N4O3. The first kappa shape index (κ1) is 10.0. The number of hydrogen-bond donors (Lipinski definition) is 3. The smallest absolute Gasteiger partial charge is 0.412 e. The summed E-state index contributed by atoms with van der Waals surface area (Å²) in [6.45, 7) is 1.90. The van der Waals surface area contributed by atoms with Crippen LogP contribution in [-0.4, -0.2) is 28.6 Å². The van der Waals surface area contributed by atoms with Gasteiger partial charge in [0.25, 0.3) is 5.91 Å². The number of aromatic nitrogens is 2. The van der Waals surface area contributed by atoms with E-state index < -0.39 is 12.0 Å². The van der Waals surface area contributed by atoms with E-state index in [-0.39, 0.29) is 18.1 Å². The van der Waals surface area contributed by atoms with Crippen LogP contribution in [0.4, 0.5) is 10.6 Å². The molecule has 14 heavy (non-hydrogen) atoms. The first-order chi connectivity index (χ1) is 6.65. The van der Waals surface area contributed by atoms with Crippen molar-refractivity contribution in [3.05, 3.63) is 12.0 Å². The van der Waals surface area contributed by atoms with E-state index in [1.165, 1.54) is 6.33 Å². The van der Waals surface area contributed by atoms with Crippen molar-refractivity contribution in [2.24, 2.45) is 5.73 Å². The zero-order valence-electron chi connectivity index (χ0n) is 7.53. The van der Waals surface area contributed by atoms with Gasteiger partial charge in [-0.3, -0.25) is 10.1 Å². The molecule has 7 heteroatoms. The fourth-order valence-corrected chi connectivity index (χ4v) is 0.841. The molecule has 1 aromatic heterocycles. The minimum absolute atomic E-state index is 0.0399. The molecule has 0 atom stereocenters. The van der Waals surface area contributed by atoms with Crippen LogP contribution >= 0.6 is 0 Å². The fraction of sp³-hybridized carbons (Fsp3) is 0.286. The number of aromatic amines is 1. The van der Waals surface area contributed by atoms with Crippen molar-refractivity contribution in [1.82, 2.24) is 9.97 Å². The van der Waals surface area contributed by atoms with Crippen molar-refractivity contribution in [1.29, 1.82) is 0 Å². The SMILES string of the molecule is CCOC(=O)Nc1nc[nH]c1C(N)=O. The Hall–Kier alpha value is -2.05. The van der Waals surface area contributed by atoms with E-state index in [0.29, 0.717) is 0 Å². The van der Waals surface area contributed by atoms with Crippen LogP contribution in [0.15, 0.2) is 6.33 Å². The molecule has 1 rings (SSSR count). The Labute approximate surface area is 79.6 Å². The molecule has 0 aliphatic rings. The predicted molar refractivity (Wildman–Crippen MR) is 47.8 cm³/mol. The van der Waals surface area contributed by atoms with Gasteiger partial charge >= 0.3 is 6.09 Å². The quantitative estimate of drug-likeness (QED) is 0.638. The summed E-state index contributed by atoms with van der Waals surface area (Å²) < 4.78 is 4.59. The lowest BCUT2D eigenvalue weighted by Crippen LogP contribution is -2.18. The van der Waals surface area contributed by atoms with Gasteiger partial charge in [-0.1, -0.05) is 0 Å². The predicted octanol–water partition coefficient (Wildman–Crippen LogP) is 0.0770. The maximum atomic E-state index is 10.9. The molecule has 2 amide bonds. The lowest BCUT2D eigenvalue weighted by atomic mass is 10.4. The number of carbonyl (C=O) groups excluding carboxylic acids is 2. The molecule has 7 nitrogen and oxygen atoms in total. The second-order valence-corrected chi connectivity index (χ2v) is 2.34. The zero-order chi connectivity index (χ0) is 10.6. The molecule has 0 saturated carbocycles. The molecule has 0 unspecified atom stereocenters. The third kappa shape index (κ3) is 2.22. The van der Waals surface area contributed by atoms with Crippen molar-refractivity contribution < 1.29 is 14.3 Å². The van der Waals surface area contributed by atoms with Crippen LogP contribution in [0.25, 0.3) is 0 Å². The summed E-state index contributed by atoms with van der Waals surface area (Å²) in [4.78, 5) is 27.9. The molecule has 0 fully saturated rings. The molecule has 1 aromatic rings. The maximum absolute atomic E-state index is 10.9. The minimum atomic E-state index is -0.700. The van der Waals surface area contributed by atoms with E-state index in [1.807, 2.05) is 0 Å². The number of nitrogens with one attached hydrogen (secondary N) is 2. The Bertz CT molecular complexity index is 346. The van der Waals surface area contributed by atoms with Gasteiger partial charge in [0.1, 0.15) is 5.69 Å². The van der Waals surface area contributed by atoms with E-state index in [0.717, 1.165) is 0 Å². The van der Waals surface area contributed by atoms with Crippen LogP contribution in [0.2, 0.25) is 0 Å². The number of ether oxygens (including phenoxy) is 1. The Morgan fingerprint density at radius 2 is 2.43 bits per heavy atom. The number of nitrogens with two attached hydrogens (primary N) is 1. The number of anilines is 1. The summed E-state index contributed by atoms with van der Waals surface area (Å²) >= 11 is 0. The van der Waals surface area contributed by atoms with Crippen LogP contribution in [0, 0.1) is 0 Å². The highest BCUT2D eigenvalue weighted by atomic mass is 16.5. The molecule has 4 N–H and O–H groups in total. The monoisotopic (exact) mass is 198 g/mol. The number of primary amides is 1. The molecule has 0 radical (unpaired) electrons. The first-order valence-corrected chi connectivity index (χ1v) is 3.92. The molecule has 0 aliphatic heterocycles. The summed E-state index contributed by atoms with van der Waals surface area (Å²) in [5, 5.41) is 2.27. The third-order valence-corrected chi connectivity index (χ3v) is 1.38. The van der Waals surface area contributed by atoms with Crippen molar-refractivity contribution in [2.75, 3.05) is 11.9 Å². The lowest BCUT2D eigenvalue weighted by molar-refractivity contribution is 0.0997. The lowest BCUT2D eigenvalue weighted by Gasteiger charge is -2.02. The van der Waals surface area contributed by atoms with Gasteiger partial charge in [0.05, 0.1) is 12.9 Å². The molecule has 76 valence electrons. The highest BCUT2D eigenvalue weighted by Gasteiger charge is 2.13. The van der Waals surface area contributed by atoms with E-state index in [9.17, 15) is 9.59 Å². The van der Waals surface area contributed by atoms with Crippen molar-refractivity contribution >= 4 is 17.8 Å². The van der Waals surface area contributed by atoms with Crippen molar-refractivity contribution in [3.8, 4) is 0 Å². The van der Waals surface area contributed by atoms with Gasteiger partial charge < -0.3 is 15.5 Å². The van der Waals surface area contributed by atoms with Gasteiger partial charge in [0, 0.05) is 0 Å². The first-order valence-electron chi connectivity index (χ1n) is 3.92. The average molecular weight is 198 g/mol. The molecule has 0 aliphatic carbocycles. The van der Waals surface area contributed by atoms with Crippen LogP contribution < -0.4 is 11.1 Å². The summed E-state index contributed by atoms with van der Waals surface area (Å²) in [5.41, 5.74) is 5.05. The normalized spacial score (nSPS) is 9.50. The number of hydrogen-bond acceptors (Lipinski definition) is 4. The van der Waals surface area contributed by atoms with Crippen LogP contribution in [0.3, 0.4) is 0 Å². The zero-order valence-corrected chi connectivity index (χ0v) is 7.53. The molecule has 0 bridgehead atoms. The molecule has 0 spiro atoms. The van der Waals surface area contributed by atoms with Gasteiger partial charge in [0.2, 0.25) is 0 Å². The van der Waals surface area contributed by atoms with Gasteiger partial charge in [-0.2, -0.15) is 0 Å². The Morgan fingerprint density at radius 1 is 1.71 bits per heavy atom. The highest BCUT2D eigenvalue weighted by molar-refractivity contribution is 5.98. The summed E-state index contributed by atoms with van der Waals surface area (Å²) in [6, 6.07) is 0. The maximum Gasteiger partial charge on any atom is 0.412 e. The molecule has 0 aromatic carbocycles. The average Bonchev–Trinajstić information content (AvgIpc) is 2.52. The van der Waals surface area contributed by atoms with E-state index in [1.54, 1.807) is 6.92 Å². The Morgan fingerprint density at radius 3 is 3.00 bits per heavy atom. The van der Waals surface area contributed by atoms with Gasteiger partial charge in [0.15, 0.2) is 5.82 Å². The molecule has 0 saturated heterocycles. The van der Waals surface area contributed by atoms with E-state index >= 15 is 0 Å². The minimum Gasteiger partial charge on any atom is -0.450 e. The van der Waals surface area contributed by atoms with Crippen LogP contribution in [-0.2, 0) is 4.74 Å². The Balaban J connectivity index is 2.71. The number of rotatable bonds is 3.